The number of benzene rings is 1. The predicted octanol–water partition coefficient (Wildman–Crippen LogP) is 3.46. The molecule has 3 N–H and O–H groups in total. The highest BCUT2D eigenvalue weighted by molar-refractivity contribution is 7.99. The van der Waals surface area contributed by atoms with E-state index in [-0.39, 0.29) is 18.4 Å². The molecule has 3 nitrogen and oxygen atoms in total. The molecular formula is C13H18F2N2OS. The Bertz CT molecular complexity index is 415. The number of anilines is 1. The number of alkyl halides is 2. The molecule has 0 spiro atoms. The molecule has 0 radical (unpaired) electrons. The van der Waals surface area contributed by atoms with Gasteiger partial charge in [0.15, 0.2) is 0 Å². The van der Waals surface area contributed by atoms with E-state index >= 15 is 0 Å². The Morgan fingerprint density at radius 3 is 2.74 bits per heavy atom. The number of rotatable bonds is 7. The molecule has 1 amide bonds. The first-order valence-electron chi connectivity index (χ1n) is 6.12. The van der Waals surface area contributed by atoms with Crippen LogP contribution in [0.5, 0.6) is 0 Å². The van der Waals surface area contributed by atoms with Gasteiger partial charge < -0.3 is 11.1 Å². The van der Waals surface area contributed by atoms with Crippen molar-refractivity contribution in [2.24, 2.45) is 5.73 Å². The normalized spacial score (nSPS) is 12.5. The lowest BCUT2D eigenvalue weighted by Crippen LogP contribution is -2.27. The first-order chi connectivity index (χ1) is 9.02. The summed E-state index contributed by atoms with van der Waals surface area (Å²) in [6.45, 7) is 1.99. The van der Waals surface area contributed by atoms with Crippen LogP contribution in [0, 0.1) is 0 Å². The lowest BCUT2D eigenvalue weighted by Gasteiger charge is -2.13. The molecular weight excluding hydrogens is 270 g/mol. The minimum Gasteiger partial charge on any atom is -0.327 e. The van der Waals surface area contributed by atoms with Crippen molar-refractivity contribution in [2.75, 3.05) is 5.32 Å². The molecule has 1 rings (SSSR count). The van der Waals surface area contributed by atoms with E-state index in [1.165, 1.54) is 0 Å². The summed E-state index contributed by atoms with van der Waals surface area (Å²) in [6, 6.07) is 6.31. The maximum absolute atomic E-state index is 12.4. The van der Waals surface area contributed by atoms with E-state index in [0.29, 0.717) is 22.3 Å². The fraction of sp³-hybridized carbons (Fsp3) is 0.462. The van der Waals surface area contributed by atoms with E-state index < -0.39 is 5.76 Å². The second-order valence-corrected chi connectivity index (χ2v) is 5.21. The zero-order valence-electron chi connectivity index (χ0n) is 10.7. The molecule has 0 bridgehead atoms. The van der Waals surface area contributed by atoms with Crippen molar-refractivity contribution in [3.8, 4) is 0 Å². The van der Waals surface area contributed by atoms with Crippen LogP contribution in [0.15, 0.2) is 29.2 Å². The maximum Gasteiger partial charge on any atom is 0.288 e. The van der Waals surface area contributed by atoms with E-state index in [1.807, 2.05) is 6.92 Å². The number of amides is 1. The number of nitrogens with two attached hydrogens (primary N) is 1. The Balaban J connectivity index is 2.63. The summed E-state index contributed by atoms with van der Waals surface area (Å²) in [5.41, 5.74) is 6.18. The number of halogens is 2. The summed E-state index contributed by atoms with van der Waals surface area (Å²) in [5.74, 6) is -2.76. The average molecular weight is 288 g/mol. The van der Waals surface area contributed by atoms with E-state index in [2.05, 4.69) is 5.32 Å². The van der Waals surface area contributed by atoms with Gasteiger partial charge in [-0.1, -0.05) is 37.2 Å². The Labute approximate surface area is 115 Å². The van der Waals surface area contributed by atoms with Crippen molar-refractivity contribution in [3.63, 3.8) is 0 Å². The van der Waals surface area contributed by atoms with Crippen LogP contribution in [0.1, 0.15) is 26.2 Å². The summed E-state index contributed by atoms with van der Waals surface area (Å²) in [5, 5.41) is 2.63. The smallest absolute Gasteiger partial charge is 0.288 e. The monoisotopic (exact) mass is 288 g/mol. The molecule has 1 unspecified atom stereocenters. The molecule has 0 aliphatic rings. The third-order valence-corrected chi connectivity index (χ3v) is 3.27. The van der Waals surface area contributed by atoms with Gasteiger partial charge in [0.25, 0.3) is 5.76 Å². The highest BCUT2D eigenvalue weighted by Gasteiger charge is 2.13. The molecule has 0 aliphatic carbocycles. The van der Waals surface area contributed by atoms with Crippen molar-refractivity contribution in [1.82, 2.24) is 0 Å². The first-order valence-corrected chi connectivity index (χ1v) is 7.00. The molecule has 0 aromatic heterocycles. The summed E-state index contributed by atoms with van der Waals surface area (Å²) < 4.78 is 24.8. The Hall–Kier alpha value is -1.14. The van der Waals surface area contributed by atoms with Crippen LogP contribution < -0.4 is 11.1 Å². The number of carbonyl (C=O) groups excluding carboxylic acids is 1. The maximum atomic E-state index is 12.4. The number of hydrogen-bond acceptors (Lipinski definition) is 3. The molecule has 1 atom stereocenters. The van der Waals surface area contributed by atoms with Gasteiger partial charge in [0, 0.05) is 17.4 Å². The molecule has 106 valence electrons. The molecule has 0 saturated carbocycles. The van der Waals surface area contributed by atoms with Gasteiger partial charge in [-0.3, -0.25) is 4.79 Å². The quantitative estimate of drug-likeness (QED) is 0.755. The average Bonchev–Trinajstić information content (AvgIpc) is 2.31. The zero-order valence-corrected chi connectivity index (χ0v) is 11.6. The van der Waals surface area contributed by atoms with Crippen LogP contribution in [0.2, 0.25) is 0 Å². The van der Waals surface area contributed by atoms with Crippen LogP contribution in [0.4, 0.5) is 14.5 Å². The zero-order chi connectivity index (χ0) is 14.3. The van der Waals surface area contributed by atoms with Gasteiger partial charge in [0.1, 0.15) is 0 Å². The van der Waals surface area contributed by atoms with Crippen LogP contribution in [0.25, 0.3) is 0 Å². The second-order valence-electron chi connectivity index (χ2n) is 4.18. The van der Waals surface area contributed by atoms with E-state index in [0.717, 1.165) is 12.8 Å². The Morgan fingerprint density at radius 2 is 2.11 bits per heavy atom. The SMILES string of the molecule is CCCC(N)CC(=O)Nc1ccccc1SC(F)F. The highest BCUT2D eigenvalue weighted by Crippen LogP contribution is 2.31. The van der Waals surface area contributed by atoms with Crippen LogP contribution >= 0.6 is 11.8 Å². The predicted molar refractivity (Wildman–Crippen MR) is 74.4 cm³/mol. The molecule has 0 heterocycles. The fourth-order valence-corrected chi connectivity index (χ4v) is 2.28. The van der Waals surface area contributed by atoms with Gasteiger partial charge in [-0.15, -0.1) is 0 Å². The number of nitrogens with one attached hydrogen (secondary N) is 1. The number of thioether (sulfide) groups is 1. The Kier molecular flexibility index (Phi) is 6.80. The van der Waals surface area contributed by atoms with Gasteiger partial charge >= 0.3 is 0 Å². The highest BCUT2D eigenvalue weighted by atomic mass is 32.2. The number of carbonyl (C=O) groups is 1. The van der Waals surface area contributed by atoms with E-state index in [9.17, 15) is 13.6 Å². The lowest BCUT2D eigenvalue weighted by atomic mass is 10.1. The largest absolute Gasteiger partial charge is 0.327 e. The lowest BCUT2D eigenvalue weighted by molar-refractivity contribution is -0.116. The van der Waals surface area contributed by atoms with Crippen molar-refractivity contribution in [2.45, 2.75) is 42.9 Å². The third-order valence-electron chi connectivity index (χ3n) is 2.48. The summed E-state index contributed by atoms with van der Waals surface area (Å²) in [7, 11) is 0. The van der Waals surface area contributed by atoms with E-state index in [1.54, 1.807) is 24.3 Å². The standard InChI is InChI=1S/C13H18F2N2OS/c1-2-5-9(16)8-12(18)17-10-6-3-4-7-11(10)19-13(14)15/h3-4,6-7,9,13H,2,5,8,16H2,1H3,(H,17,18). The molecule has 19 heavy (non-hydrogen) atoms. The van der Waals surface area contributed by atoms with Crippen molar-refractivity contribution in [1.29, 1.82) is 0 Å². The molecule has 1 aromatic carbocycles. The third kappa shape index (κ3) is 6.02. The summed E-state index contributed by atoms with van der Waals surface area (Å²) in [6.07, 6.45) is 1.87. The summed E-state index contributed by atoms with van der Waals surface area (Å²) >= 11 is 0.417. The van der Waals surface area contributed by atoms with Gasteiger partial charge in [-0.25, -0.2) is 0 Å². The van der Waals surface area contributed by atoms with Gasteiger partial charge in [-0.2, -0.15) is 8.78 Å². The molecule has 0 saturated heterocycles. The fourth-order valence-electron chi connectivity index (χ4n) is 1.68. The van der Waals surface area contributed by atoms with Crippen molar-refractivity contribution < 1.29 is 13.6 Å². The van der Waals surface area contributed by atoms with Gasteiger partial charge in [0.05, 0.1) is 5.69 Å². The van der Waals surface area contributed by atoms with Crippen molar-refractivity contribution >= 4 is 23.4 Å². The molecule has 0 aliphatic heterocycles. The number of hydrogen-bond donors (Lipinski definition) is 2. The molecule has 1 aromatic rings. The molecule has 6 heteroatoms. The van der Waals surface area contributed by atoms with E-state index in [4.69, 9.17) is 5.73 Å². The van der Waals surface area contributed by atoms with Gasteiger partial charge in [-0.05, 0) is 18.6 Å². The number of para-hydroxylation sites is 1. The first kappa shape index (κ1) is 15.9. The van der Waals surface area contributed by atoms with Crippen LogP contribution in [-0.4, -0.2) is 17.7 Å². The Morgan fingerprint density at radius 1 is 1.42 bits per heavy atom. The van der Waals surface area contributed by atoms with Crippen molar-refractivity contribution in [3.05, 3.63) is 24.3 Å². The second kappa shape index (κ2) is 8.12. The van der Waals surface area contributed by atoms with Crippen LogP contribution in [0.3, 0.4) is 0 Å². The van der Waals surface area contributed by atoms with Gasteiger partial charge in [0.2, 0.25) is 5.91 Å². The summed E-state index contributed by atoms with van der Waals surface area (Å²) in [4.78, 5) is 12.1. The van der Waals surface area contributed by atoms with Crippen LogP contribution in [-0.2, 0) is 4.79 Å². The topological polar surface area (TPSA) is 55.1 Å². The minimum atomic E-state index is -2.51. The molecule has 0 fully saturated rings. The minimum absolute atomic E-state index is 0.195.